The molecule has 2 heterocycles. The average molecular weight is 445 g/mol. The fourth-order valence-corrected chi connectivity index (χ4v) is 5.05. The first-order valence-electron chi connectivity index (χ1n) is 10.2. The maximum atomic E-state index is 6.54. The van der Waals surface area contributed by atoms with Crippen molar-refractivity contribution in [2.24, 2.45) is 5.10 Å². The molecule has 4 aromatic rings. The Labute approximate surface area is 190 Å². The van der Waals surface area contributed by atoms with E-state index >= 15 is 0 Å². The quantitative estimate of drug-likeness (QED) is 0.321. The summed E-state index contributed by atoms with van der Waals surface area (Å²) in [6, 6.07) is 28.7. The zero-order chi connectivity index (χ0) is 20.9. The Morgan fingerprint density at radius 1 is 0.839 bits per heavy atom. The van der Waals surface area contributed by atoms with Crippen LogP contribution in [0.3, 0.4) is 0 Å². The van der Waals surface area contributed by atoms with Crippen LogP contribution in [0.4, 0.5) is 0 Å². The van der Waals surface area contributed by atoms with E-state index in [1.807, 2.05) is 24.3 Å². The smallest absolute Gasteiger partial charge is 0.213 e. The van der Waals surface area contributed by atoms with Crippen molar-refractivity contribution in [3.63, 3.8) is 0 Å². The van der Waals surface area contributed by atoms with Crippen LogP contribution in [0.2, 0.25) is 10.0 Å². The normalized spacial score (nSPS) is 19.5. The Bertz CT molecular complexity index is 1340. The van der Waals surface area contributed by atoms with Crippen LogP contribution in [0.15, 0.2) is 90.0 Å². The second kappa shape index (κ2) is 7.30. The first-order valence-corrected chi connectivity index (χ1v) is 11.0. The van der Waals surface area contributed by atoms with Crippen LogP contribution in [0.1, 0.15) is 35.4 Å². The Morgan fingerprint density at radius 2 is 1.61 bits per heavy atom. The van der Waals surface area contributed by atoms with Gasteiger partial charge in [-0.3, -0.25) is 0 Å². The molecule has 0 saturated carbocycles. The summed E-state index contributed by atoms with van der Waals surface area (Å²) in [5, 5.41) is 10.6. The molecule has 0 amide bonds. The molecule has 6 rings (SSSR count). The summed E-state index contributed by atoms with van der Waals surface area (Å²) in [4.78, 5) is 0. The van der Waals surface area contributed by atoms with E-state index in [0.29, 0.717) is 15.8 Å². The van der Waals surface area contributed by atoms with Crippen LogP contribution in [-0.4, -0.2) is 10.7 Å². The van der Waals surface area contributed by atoms with Crippen LogP contribution in [0, 0.1) is 0 Å². The molecule has 0 spiro atoms. The summed E-state index contributed by atoms with van der Waals surface area (Å²) in [6.45, 7) is 0. The third-order valence-corrected chi connectivity index (χ3v) is 6.47. The summed E-state index contributed by atoms with van der Waals surface area (Å²) in [5.74, 6) is 0.691. The molecule has 0 bridgehead atoms. The van der Waals surface area contributed by atoms with Crippen molar-refractivity contribution in [1.29, 1.82) is 0 Å². The molecule has 0 aromatic heterocycles. The summed E-state index contributed by atoms with van der Waals surface area (Å²) >= 11 is 12.9. The van der Waals surface area contributed by atoms with Gasteiger partial charge in [0.25, 0.3) is 0 Å². The van der Waals surface area contributed by atoms with Gasteiger partial charge in [0, 0.05) is 22.6 Å². The molecular weight excluding hydrogens is 427 g/mol. The van der Waals surface area contributed by atoms with Crippen molar-refractivity contribution in [2.75, 3.05) is 0 Å². The van der Waals surface area contributed by atoms with Crippen LogP contribution >= 0.6 is 23.2 Å². The SMILES string of the molecule is Clc1cc(Cl)c2c(c1)[C@H]1CC(c3ccc4ccccc4c3)=NN1[C@@H](c1ccccc1)O2. The number of nitrogens with zero attached hydrogens (tertiary/aromatic N) is 2. The van der Waals surface area contributed by atoms with Crippen molar-refractivity contribution in [3.05, 3.63) is 112 Å². The lowest BCUT2D eigenvalue weighted by Gasteiger charge is -2.38. The zero-order valence-electron chi connectivity index (χ0n) is 16.5. The minimum Gasteiger partial charge on any atom is -0.463 e. The molecule has 2 atom stereocenters. The molecule has 4 aromatic carbocycles. The number of fused-ring (bicyclic) bond motifs is 4. The van der Waals surface area contributed by atoms with Gasteiger partial charge in [-0.2, -0.15) is 5.10 Å². The Hall–Kier alpha value is -3.01. The van der Waals surface area contributed by atoms with Gasteiger partial charge in [-0.1, -0.05) is 89.9 Å². The molecule has 0 aliphatic carbocycles. The molecule has 0 unspecified atom stereocenters. The van der Waals surface area contributed by atoms with Gasteiger partial charge in [-0.25, -0.2) is 5.01 Å². The minimum absolute atomic E-state index is 0.00614. The fourth-order valence-electron chi connectivity index (χ4n) is 4.50. The summed E-state index contributed by atoms with van der Waals surface area (Å²) in [7, 11) is 0. The maximum Gasteiger partial charge on any atom is 0.213 e. The van der Waals surface area contributed by atoms with Crippen LogP contribution in [0.5, 0.6) is 5.75 Å². The number of rotatable bonds is 2. The van der Waals surface area contributed by atoms with Crippen molar-refractivity contribution in [1.82, 2.24) is 5.01 Å². The monoisotopic (exact) mass is 444 g/mol. The van der Waals surface area contributed by atoms with E-state index in [0.717, 1.165) is 28.8 Å². The fraction of sp³-hybridized carbons (Fsp3) is 0.115. The molecule has 0 fully saturated rings. The van der Waals surface area contributed by atoms with Gasteiger partial charge in [0.1, 0.15) is 5.75 Å². The molecule has 31 heavy (non-hydrogen) atoms. The molecule has 0 N–H and O–H groups in total. The lowest BCUT2D eigenvalue weighted by atomic mass is 9.95. The van der Waals surface area contributed by atoms with E-state index in [4.69, 9.17) is 33.0 Å². The zero-order valence-corrected chi connectivity index (χ0v) is 18.0. The Kier molecular flexibility index (Phi) is 4.41. The largest absolute Gasteiger partial charge is 0.463 e. The van der Waals surface area contributed by atoms with E-state index in [1.54, 1.807) is 6.07 Å². The van der Waals surface area contributed by atoms with Gasteiger partial charge < -0.3 is 4.74 Å². The van der Waals surface area contributed by atoms with E-state index in [2.05, 4.69) is 59.6 Å². The van der Waals surface area contributed by atoms with Crippen molar-refractivity contribution in [3.8, 4) is 5.75 Å². The predicted molar refractivity (Wildman–Crippen MR) is 126 cm³/mol. The summed E-state index contributed by atoms with van der Waals surface area (Å²) < 4.78 is 6.40. The topological polar surface area (TPSA) is 24.8 Å². The number of benzene rings is 4. The van der Waals surface area contributed by atoms with Crippen molar-refractivity contribution >= 4 is 39.7 Å². The van der Waals surface area contributed by atoms with E-state index in [-0.39, 0.29) is 12.3 Å². The van der Waals surface area contributed by atoms with E-state index in [9.17, 15) is 0 Å². The number of hydrogen-bond acceptors (Lipinski definition) is 3. The van der Waals surface area contributed by atoms with Crippen molar-refractivity contribution < 1.29 is 4.74 Å². The first-order chi connectivity index (χ1) is 15.2. The van der Waals surface area contributed by atoms with Gasteiger partial charge in [0.2, 0.25) is 6.23 Å². The van der Waals surface area contributed by atoms with Gasteiger partial charge in [-0.05, 0) is 34.5 Å². The highest BCUT2D eigenvalue weighted by Crippen LogP contribution is 2.50. The first kappa shape index (κ1) is 18.7. The van der Waals surface area contributed by atoms with E-state index in [1.165, 1.54) is 10.8 Å². The van der Waals surface area contributed by atoms with Gasteiger partial charge in [0.05, 0.1) is 16.8 Å². The Balaban J connectivity index is 1.48. The van der Waals surface area contributed by atoms with Crippen LogP contribution < -0.4 is 4.74 Å². The van der Waals surface area contributed by atoms with Gasteiger partial charge in [0.15, 0.2) is 0 Å². The number of hydrogen-bond donors (Lipinski definition) is 0. The van der Waals surface area contributed by atoms with Gasteiger partial charge in [-0.15, -0.1) is 0 Å². The molecule has 2 aliphatic heterocycles. The molecule has 0 saturated heterocycles. The third kappa shape index (κ3) is 3.16. The molecule has 5 heteroatoms. The number of hydrazone groups is 1. The Morgan fingerprint density at radius 3 is 2.45 bits per heavy atom. The number of halogens is 2. The van der Waals surface area contributed by atoms with E-state index < -0.39 is 0 Å². The predicted octanol–water partition coefficient (Wildman–Crippen LogP) is 7.39. The lowest BCUT2D eigenvalue weighted by Crippen LogP contribution is -2.33. The summed E-state index contributed by atoms with van der Waals surface area (Å²) in [5.41, 5.74) is 4.16. The highest BCUT2D eigenvalue weighted by molar-refractivity contribution is 6.35. The average Bonchev–Trinajstić information content (AvgIpc) is 3.25. The van der Waals surface area contributed by atoms with Crippen LogP contribution in [0.25, 0.3) is 10.8 Å². The molecule has 152 valence electrons. The molecule has 0 radical (unpaired) electrons. The highest BCUT2D eigenvalue weighted by atomic mass is 35.5. The minimum atomic E-state index is -0.352. The molecule has 3 nitrogen and oxygen atoms in total. The number of ether oxygens (including phenoxy) is 1. The van der Waals surface area contributed by atoms with Gasteiger partial charge >= 0.3 is 0 Å². The molecule has 2 aliphatic rings. The van der Waals surface area contributed by atoms with Crippen molar-refractivity contribution in [2.45, 2.75) is 18.7 Å². The second-order valence-electron chi connectivity index (χ2n) is 7.90. The highest BCUT2D eigenvalue weighted by Gasteiger charge is 2.42. The van der Waals surface area contributed by atoms with Crippen LogP contribution in [-0.2, 0) is 0 Å². The molecular formula is C26H18Cl2N2O. The summed E-state index contributed by atoms with van der Waals surface area (Å²) in [6.07, 6.45) is 0.407. The second-order valence-corrected chi connectivity index (χ2v) is 8.74. The lowest BCUT2D eigenvalue weighted by molar-refractivity contribution is -0.0189. The third-order valence-electron chi connectivity index (χ3n) is 5.98. The maximum absolute atomic E-state index is 6.54. The standard InChI is InChI=1S/C26H18Cl2N2O/c27-20-13-21-24-15-23(19-11-10-16-6-4-5-9-18(16)12-19)29-30(24)26(17-7-2-1-3-8-17)31-25(21)22(28)14-20/h1-14,24,26H,15H2/t24-,26-/m1/s1.